The number of hydrogen-bond donors (Lipinski definition) is 0. The first kappa shape index (κ1) is 19.9. The second-order valence-electron chi connectivity index (χ2n) is 6.83. The monoisotopic (exact) mass is 400 g/mol. The highest BCUT2D eigenvalue weighted by Gasteiger charge is 1.98. The molecule has 0 saturated carbocycles. The lowest BCUT2D eigenvalue weighted by atomic mass is 10.0. The molecule has 0 radical (unpaired) electrons. The van der Waals surface area contributed by atoms with Gasteiger partial charge in [0.2, 0.25) is 0 Å². The summed E-state index contributed by atoms with van der Waals surface area (Å²) in [6, 6.07) is 41.0. The highest BCUT2D eigenvalue weighted by atomic mass is 14.8. The lowest BCUT2D eigenvalue weighted by Crippen LogP contribution is -1.86. The van der Waals surface area contributed by atoms with Crippen LogP contribution in [0.4, 0.5) is 22.7 Å². The lowest BCUT2D eigenvalue weighted by molar-refractivity contribution is 1.19. The molecule has 0 bridgehead atoms. The van der Waals surface area contributed by atoms with E-state index in [-0.39, 0.29) is 0 Å². The van der Waals surface area contributed by atoms with Gasteiger partial charge in [0, 0.05) is 0 Å². The number of hydrogen-bond acceptors (Lipinski definition) is 4. The SMILES string of the molecule is C(=Nc1ccccc1)=Nc1ccc(Cc2ccc(N=C=Nc3ccccc3)cc2)cc1. The number of benzene rings is 4. The molecule has 0 N–H and O–H groups in total. The number of rotatable bonds is 6. The molecular formula is C27H20N4. The van der Waals surface area contributed by atoms with Crippen LogP contribution in [-0.4, -0.2) is 12.0 Å². The van der Waals surface area contributed by atoms with Gasteiger partial charge in [-0.05, 0) is 66.1 Å². The van der Waals surface area contributed by atoms with Crippen molar-refractivity contribution in [2.24, 2.45) is 20.0 Å². The minimum Gasteiger partial charge on any atom is -0.188 e. The molecule has 0 spiro atoms. The highest BCUT2D eigenvalue weighted by molar-refractivity contribution is 5.59. The van der Waals surface area contributed by atoms with E-state index in [9.17, 15) is 0 Å². The summed E-state index contributed by atoms with van der Waals surface area (Å²) in [4.78, 5) is 16.9. The van der Waals surface area contributed by atoms with Crippen LogP contribution in [-0.2, 0) is 6.42 Å². The zero-order chi connectivity index (χ0) is 21.1. The maximum atomic E-state index is 4.27. The second-order valence-corrected chi connectivity index (χ2v) is 6.83. The molecule has 0 aliphatic carbocycles. The van der Waals surface area contributed by atoms with Crippen LogP contribution in [0.25, 0.3) is 0 Å². The predicted molar refractivity (Wildman–Crippen MR) is 127 cm³/mol. The van der Waals surface area contributed by atoms with E-state index >= 15 is 0 Å². The molecular weight excluding hydrogens is 380 g/mol. The van der Waals surface area contributed by atoms with Crippen LogP contribution in [0, 0.1) is 0 Å². The van der Waals surface area contributed by atoms with Crippen LogP contribution in [0.1, 0.15) is 11.1 Å². The van der Waals surface area contributed by atoms with E-state index in [1.54, 1.807) is 0 Å². The van der Waals surface area contributed by atoms with Crippen molar-refractivity contribution in [2.45, 2.75) is 6.42 Å². The van der Waals surface area contributed by atoms with Crippen LogP contribution in [0.5, 0.6) is 0 Å². The van der Waals surface area contributed by atoms with Crippen LogP contribution < -0.4 is 0 Å². The van der Waals surface area contributed by atoms with Gasteiger partial charge in [0.25, 0.3) is 0 Å². The quantitative estimate of drug-likeness (QED) is 0.300. The normalized spacial score (nSPS) is 9.81. The molecule has 0 aliphatic rings. The van der Waals surface area contributed by atoms with E-state index in [0.29, 0.717) is 0 Å². The van der Waals surface area contributed by atoms with Crippen LogP contribution in [0.2, 0.25) is 0 Å². The van der Waals surface area contributed by atoms with Gasteiger partial charge in [0.15, 0.2) is 0 Å². The van der Waals surface area contributed by atoms with Crippen molar-refractivity contribution < 1.29 is 0 Å². The Bertz CT molecular complexity index is 1130. The molecule has 0 heterocycles. The molecule has 148 valence electrons. The Balaban J connectivity index is 1.36. The first-order chi connectivity index (χ1) is 15.3. The lowest BCUT2D eigenvalue weighted by Gasteiger charge is -2.02. The molecule has 0 amide bonds. The van der Waals surface area contributed by atoms with Gasteiger partial charge in [-0.25, -0.2) is 0 Å². The third-order valence-corrected chi connectivity index (χ3v) is 4.51. The Hall–Kier alpha value is -4.36. The van der Waals surface area contributed by atoms with Crippen molar-refractivity contribution in [3.8, 4) is 0 Å². The highest BCUT2D eigenvalue weighted by Crippen LogP contribution is 2.18. The molecule has 4 aromatic rings. The molecule has 4 nitrogen and oxygen atoms in total. The Morgan fingerprint density at radius 3 is 1.06 bits per heavy atom. The van der Waals surface area contributed by atoms with Crippen LogP contribution >= 0.6 is 0 Å². The van der Waals surface area contributed by atoms with Crippen molar-refractivity contribution in [1.82, 2.24) is 0 Å². The van der Waals surface area contributed by atoms with E-state index in [0.717, 1.165) is 29.2 Å². The van der Waals surface area contributed by atoms with E-state index in [1.165, 1.54) is 11.1 Å². The topological polar surface area (TPSA) is 49.4 Å². The molecule has 0 aliphatic heterocycles. The first-order valence-electron chi connectivity index (χ1n) is 9.96. The maximum absolute atomic E-state index is 4.27. The van der Waals surface area contributed by atoms with Crippen molar-refractivity contribution in [3.63, 3.8) is 0 Å². The van der Waals surface area contributed by atoms with Gasteiger partial charge in [0.05, 0.1) is 22.7 Å². The van der Waals surface area contributed by atoms with Crippen LogP contribution in [0.15, 0.2) is 129 Å². The Kier molecular flexibility index (Phi) is 6.70. The fraction of sp³-hybridized carbons (Fsp3) is 0.0370. The molecule has 4 rings (SSSR count). The molecule has 4 heteroatoms. The average Bonchev–Trinajstić information content (AvgIpc) is 2.83. The van der Waals surface area contributed by atoms with Crippen molar-refractivity contribution in [3.05, 3.63) is 120 Å². The third kappa shape index (κ3) is 6.31. The summed E-state index contributed by atoms with van der Waals surface area (Å²) in [7, 11) is 0. The zero-order valence-electron chi connectivity index (χ0n) is 16.9. The summed E-state index contributed by atoms with van der Waals surface area (Å²) in [5.41, 5.74) is 5.74. The zero-order valence-corrected chi connectivity index (χ0v) is 16.9. The van der Waals surface area contributed by atoms with Crippen LogP contribution in [0.3, 0.4) is 0 Å². The van der Waals surface area contributed by atoms with Gasteiger partial charge in [-0.15, -0.1) is 0 Å². The summed E-state index contributed by atoms with van der Waals surface area (Å²) in [6.07, 6.45) is 0.837. The third-order valence-electron chi connectivity index (χ3n) is 4.51. The largest absolute Gasteiger partial charge is 0.188 e. The summed E-state index contributed by atoms with van der Waals surface area (Å²) in [5, 5.41) is 0. The van der Waals surface area contributed by atoms with Crippen molar-refractivity contribution in [1.29, 1.82) is 0 Å². The van der Waals surface area contributed by atoms with E-state index in [1.807, 2.05) is 84.9 Å². The summed E-state index contributed by atoms with van der Waals surface area (Å²) >= 11 is 0. The number of aliphatic imine (C=N–C) groups is 4. The van der Waals surface area contributed by atoms with Gasteiger partial charge in [-0.2, -0.15) is 20.0 Å². The van der Waals surface area contributed by atoms with Gasteiger partial charge in [0.1, 0.15) is 12.0 Å². The number of nitrogens with zero attached hydrogens (tertiary/aromatic N) is 4. The van der Waals surface area contributed by atoms with E-state index in [2.05, 4.69) is 56.3 Å². The molecule has 0 aromatic heterocycles. The van der Waals surface area contributed by atoms with Gasteiger partial charge in [-0.1, -0.05) is 60.7 Å². The molecule has 0 saturated heterocycles. The molecule has 4 aromatic carbocycles. The molecule has 0 unspecified atom stereocenters. The summed E-state index contributed by atoms with van der Waals surface area (Å²) in [6.45, 7) is 0. The second kappa shape index (κ2) is 10.4. The number of para-hydroxylation sites is 2. The molecule has 0 atom stereocenters. The summed E-state index contributed by atoms with van der Waals surface area (Å²) in [5.74, 6) is 0. The average molecular weight is 400 g/mol. The minimum absolute atomic E-state index is 0.825. The fourth-order valence-electron chi connectivity index (χ4n) is 2.90. The van der Waals surface area contributed by atoms with E-state index < -0.39 is 0 Å². The smallest absolute Gasteiger partial charge is 0.100 e. The van der Waals surface area contributed by atoms with Crippen molar-refractivity contribution in [2.75, 3.05) is 0 Å². The predicted octanol–water partition coefficient (Wildman–Crippen LogP) is 7.55. The van der Waals surface area contributed by atoms with Gasteiger partial charge in [-0.3, -0.25) is 0 Å². The molecule has 31 heavy (non-hydrogen) atoms. The Morgan fingerprint density at radius 1 is 0.387 bits per heavy atom. The van der Waals surface area contributed by atoms with Gasteiger partial charge < -0.3 is 0 Å². The summed E-state index contributed by atoms with van der Waals surface area (Å²) < 4.78 is 0. The Labute approximate surface area is 181 Å². The molecule has 0 fully saturated rings. The van der Waals surface area contributed by atoms with Crippen molar-refractivity contribution >= 4 is 34.8 Å². The maximum Gasteiger partial charge on any atom is 0.100 e. The first-order valence-corrected chi connectivity index (χ1v) is 9.96. The standard InChI is InChI=1S/C27H20N4/c1-3-7-24(8-4-1)28-20-30-26-15-11-22(12-16-26)19-23-13-17-27(18-14-23)31-21-29-25-9-5-2-6-10-25/h1-18H,19H2. The fourth-order valence-corrected chi connectivity index (χ4v) is 2.90. The van der Waals surface area contributed by atoms with Gasteiger partial charge >= 0.3 is 0 Å². The minimum atomic E-state index is 0.825. The van der Waals surface area contributed by atoms with E-state index in [4.69, 9.17) is 0 Å². The Morgan fingerprint density at radius 2 is 0.710 bits per heavy atom.